The third-order valence-electron chi connectivity index (χ3n) is 4.84. The predicted octanol–water partition coefficient (Wildman–Crippen LogP) is 5.94. The minimum absolute atomic E-state index is 0.0295. The summed E-state index contributed by atoms with van der Waals surface area (Å²) >= 11 is 0. The molecule has 1 N–H and O–H groups in total. The summed E-state index contributed by atoms with van der Waals surface area (Å²) < 4.78 is 10.8. The van der Waals surface area contributed by atoms with Gasteiger partial charge in [-0.25, -0.2) is 4.79 Å². The average Bonchev–Trinajstić information content (AvgIpc) is 3.19. The first-order chi connectivity index (χ1) is 16.3. The number of ether oxygens (including phenoxy) is 1. The van der Waals surface area contributed by atoms with Crippen molar-refractivity contribution >= 4 is 17.7 Å². The maximum absolute atomic E-state index is 12.9. The van der Waals surface area contributed by atoms with Crippen LogP contribution in [0.15, 0.2) is 53.1 Å². The van der Waals surface area contributed by atoms with Crippen molar-refractivity contribution < 1.29 is 18.8 Å². The van der Waals surface area contributed by atoms with Gasteiger partial charge in [0.2, 0.25) is 11.7 Å². The van der Waals surface area contributed by atoms with Gasteiger partial charge in [-0.05, 0) is 56.0 Å². The van der Waals surface area contributed by atoms with E-state index in [1.165, 1.54) is 4.90 Å². The van der Waals surface area contributed by atoms with Gasteiger partial charge in [-0.2, -0.15) is 4.98 Å². The van der Waals surface area contributed by atoms with Crippen LogP contribution in [0.5, 0.6) is 0 Å². The fraction of sp³-hybridized carbons (Fsp3) is 0.407. The van der Waals surface area contributed by atoms with E-state index in [0.717, 1.165) is 5.56 Å². The molecule has 0 saturated carbocycles. The van der Waals surface area contributed by atoms with E-state index in [2.05, 4.69) is 36.2 Å². The van der Waals surface area contributed by atoms with Crippen LogP contribution in [0.2, 0.25) is 0 Å². The van der Waals surface area contributed by atoms with Crippen molar-refractivity contribution in [1.29, 1.82) is 0 Å². The SMILES string of the molecule is CN(Cc1cccc(NC(=O)c2cccc(-c3noc(CC(C)(C)C)n3)c2)c1)C(=O)OC(C)(C)C. The van der Waals surface area contributed by atoms with Crippen LogP contribution in [-0.4, -0.2) is 39.7 Å². The van der Waals surface area contributed by atoms with Crippen molar-refractivity contribution in [2.24, 2.45) is 5.41 Å². The Balaban J connectivity index is 1.68. The lowest BCUT2D eigenvalue weighted by Crippen LogP contribution is -2.33. The fourth-order valence-electron chi connectivity index (χ4n) is 3.33. The van der Waals surface area contributed by atoms with Gasteiger partial charge in [0.05, 0.1) is 0 Å². The van der Waals surface area contributed by atoms with Crippen molar-refractivity contribution in [2.45, 2.75) is 60.1 Å². The van der Waals surface area contributed by atoms with Gasteiger partial charge >= 0.3 is 6.09 Å². The highest BCUT2D eigenvalue weighted by atomic mass is 16.6. The molecule has 0 aliphatic carbocycles. The number of benzene rings is 2. The van der Waals surface area contributed by atoms with Gasteiger partial charge in [-0.15, -0.1) is 0 Å². The molecule has 0 radical (unpaired) electrons. The molecule has 3 aromatic rings. The molecule has 186 valence electrons. The number of anilines is 1. The zero-order valence-electron chi connectivity index (χ0n) is 21.5. The van der Waals surface area contributed by atoms with Crippen LogP contribution in [0.4, 0.5) is 10.5 Å². The van der Waals surface area contributed by atoms with Crippen LogP contribution < -0.4 is 5.32 Å². The summed E-state index contributed by atoms with van der Waals surface area (Å²) in [5.74, 6) is 0.754. The minimum atomic E-state index is -0.564. The molecule has 0 aliphatic heterocycles. The summed E-state index contributed by atoms with van der Waals surface area (Å²) in [5, 5.41) is 6.99. The first kappa shape index (κ1) is 25.9. The Kier molecular flexibility index (Phi) is 7.63. The van der Waals surface area contributed by atoms with Crippen molar-refractivity contribution in [3.05, 3.63) is 65.5 Å². The molecule has 35 heavy (non-hydrogen) atoms. The smallest absolute Gasteiger partial charge is 0.410 e. The van der Waals surface area contributed by atoms with Gasteiger partial charge in [0, 0.05) is 36.8 Å². The van der Waals surface area contributed by atoms with Crippen molar-refractivity contribution in [1.82, 2.24) is 15.0 Å². The van der Waals surface area contributed by atoms with Crippen molar-refractivity contribution in [3.63, 3.8) is 0 Å². The van der Waals surface area contributed by atoms with Crippen LogP contribution in [0, 0.1) is 5.41 Å². The minimum Gasteiger partial charge on any atom is -0.444 e. The number of hydrogen-bond donors (Lipinski definition) is 1. The second-order valence-electron chi connectivity index (χ2n) is 10.8. The number of nitrogens with zero attached hydrogens (tertiary/aromatic N) is 3. The molecular weight excluding hydrogens is 444 g/mol. The number of carbonyl (C=O) groups is 2. The molecule has 0 spiro atoms. The Morgan fingerprint density at radius 2 is 1.74 bits per heavy atom. The summed E-state index contributed by atoms with van der Waals surface area (Å²) in [5.41, 5.74) is 2.13. The van der Waals surface area contributed by atoms with Crippen LogP contribution >= 0.6 is 0 Å². The molecule has 0 fully saturated rings. The monoisotopic (exact) mass is 478 g/mol. The molecule has 0 unspecified atom stereocenters. The molecule has 1 aromatic heterocycles. The van der Waals surface area contributed by atoms with Crippen LogP contribution in [0.25, 0.3) is 11.4 Å². The van der Waals surface area contributed by atoms with E-state index >= 15 is 0 Å². The number of hydrogen-bond acceptors (Lipinski definition) is 6. The zero-order valence-corrected chi connectivity index (χ0v) is 21.5. The first-order valence-corrected chi connectivity index (χ1v) is 11.6. The Labute approximate surface area is 206 Å². The third-order valence-corrected chi connectivity index (χ3v) is 4.84. The van der Waals surface area contributed by atoms with Gasteiger partial charge in [0.1, 0.15) is 5.60 Å². The number of carbonyl (C=O) groups excluding carboxylic acids is 2. The Morgan fingerprint density at radius 3 is 2.43 bits per heavy atom. The molecule has 0 aliphatic rings. The standard InChI is InChI=1S/C27H34N4O4/c1-26(2,3)16-22-29-23(30-35-22)19-11-9-12-20(15-19)24(32)28-21-13-8-10-18(14-21)17-31(7)25(33)34-27(4,5)6/h8-15H,16-17H2,1-7H3,(H,28,32). The van der Waals surface area contributed by atoms with E-state index in [1.54, 1.807) is 31.3 Å². The summed E-state index contributed by atoms with van der Waals surface area (Å²) in [4.78, 5) is 31.1. The third kappa shape index (κ3) is 7.95. The lowest BCUT2D eigenvalue weighted by atomic mass is 9.92. The molecule has 1 heterocycles. The average molecular weight is 479 g/mol. The summed E-state index contributed by atoms with van der Waals surface area (Å²) in [7, 11) is 1.68. The first-order valence-electron chi connectivity index (χ1n) is 11.6. The number of rotatable bonds is 6. The van der Waals surface area contributed by atoms with Gasteiger partial charge in [0.15, 0.2) is 0 Å². The predicted molar refractivity (Wildman–Crippen MR) is 135 cm³/mol. The molecule has 8 nitrogen and oxygen atoms in total. The summed E-state index contributed by atoms with van der Waals surface area (Å²) in [6.07, 6.45) is 0.260. The Bertz CT molecular complexity index is 1190. The van der Waals surface area contributed by atoms with E-state index in [0.29, 0.717) is 41.5 Å². The second kappa shape index (κ2) is 10.3. The lowest BCUT2D eigenvalue weighted by molar-refractivity contribution is 0.0285. The van der Waals surface area contributed by atoms with Crippen LogP contribution in [-0.2, 0) is 17.7 Å². The zero-order chi connectivity index (χ0) is 25.8. The van der Waals surface area contributed by atoms with Gasteiger partial charge < -0.3 is 19.5 Å². The summed E-state index contributed by atoms with van der Waals surface area (Å²) in [6, 6.07) is 14.5. The van der Waals surface area contributed by atoms with E-state index in [9.17, 15) is 9.59 Å². The molecule has 2 aromatic carbocycles. The largest absolute Gasteiger partial charge is 0.444 e. The van der Waals surface area contributed by atoms with E-state index in [1.807, 2.05) is 45.0 Å². The molecule has 0 bridgehead atoms. The maximum Gasteiger partial charge on any atom is 0.410 e. The van der Waals surface area contributed by atoms with Crippen LogP contribution in [0.3, 0.4) is 0 Å². The van der Waals surface area contributed by atoms with Crippen molar-refractivity contribution in [2.75, 3.05) is 12.4 Å². The van der Waals surface area contributed by atoms with Gasteiger partial charge in [0.25, 0.3) is 5.91 Å². The molecule has 8 heteroatoms. The maximum atomic E-state index is 12.9. The summed E-state index contributed by atoms with van der Waals surface area (Å²) in [6.45, 7) is 12.1. The number of amides is 2. The Morgan fingerprint density at radius 1 is 1.03 bits per heavy atom. The van der Waals surface area contributed by atoms with E-state index in [-0.39, 0.29) is 11.3 Å². The lowest BCUT2D eigenvalue weighted by Gasteiger charge is -2.24. The van der Waals surface area contributed by atoms with Crippen molar-refractivity contribution in [3.8, 4) is 11.4 Å². The quantitative estimate of drug-likeness (QED) is 0.470. The molecule has 0 saturated heterocycles. The van der Waals surface area contributed by atoms with Gasteiger partial charge in [-0.3, -0.25) is 4.79 Å². The molecule has 0 atom stereocenters. The van der Waals surface area contributed by atoms with Crippen LogP contribution in [0.1, 0.15) is 63.4 Å². The number of aromatic nitrogens is 2. The number of nitrogens with one attached hydrogen (secondary N) is 1. The highest BCUT2D eigenvalue weighted by Gasteiger charge is 2.20. The van der Waals surface area contributed by atoms with E-state index in [4.69, 9.17) is 9.26 Å². The molecular formula is C27H34N4O4. The van der Waals surface area contributed by atoms with E-state index < -0.39 is 11.7 Å². The molecule has 3 rings (SSSR count). The molecule has 2 amide bonds. The topological polar surface area (TPSA) is 97.6 Å². The van der Waals surface area contributed by atoms with Gasteiger partial charge in [-0.1, -0.05) is 50.2 Å². The Hall–Kier alpha value is -3.68. The fourth-order valence-corrected chi connectivity index (χ4v) is 3.33. The highest BCUT2D eigenvalue weighted by molar-refractivity contribution is 6.04. The normalized spacial score (nSPS) is 11.7. The second-order valence-corrected chi connectivity index (χ2v) is 10.8. The highest BCUT2D eigenvalue weighted by Crippen LogP contribution is 2.23.